The van der Waals surface area contributed by atoms with Gasteiger partial charge in [-0.1, -0.05) is 164 Å². The molecule has 9 aromatic rings. The van der Waals surface area contributed by atoms with Gasteiger partial charge in [-0.05, 0) is 137 Å². The van der Waals surface area contributed by atoms with E-state index in [9.17, 15) is 0 Å². The fourth-order valence-corrected chi connectivity index (χ4v) is 8.68. The van der Waals surface area contributed by atoms with Crippen LogP contribution < -0.4 is 4.90 Å². The highest BCUT2D eigenvalue weighted by Gasteiger charge is 2.18. The minimum atomic E-state index is 1.11. The lowest BCUT2D eigenvalue weighted by molar-refractivity contribution is 1.28. The molecule has 2 aliphatic carbocycles. The molecule has 0 atom stereocenters. The molecule has 0 aliphatic heterocycles. The summed E-state index contributed by atoms with van der Waals surface area (Å²) in [6.07, 6.45) is 8.95. The fourth-order valence-electron chi connectivity index (χ4n) is 8.68. The summed E-state index contributed by atoms with van der Waals surface area (Å²) in [4.78, 5) is 2.36. The molecular weight excluding hydrogens is 663 g/mol. The highest BCUT2D eigenvalue weighted by Crippen LogP contribution is 2.43. The average Bonchev–Trinajstić information content (AvgIpc) is 3.88. The first kappa shape index (κ1) is 31.3. The second-order valence-corrected chi connectivity index (χ2v) is 14.5. The van der Waals surface area contributed by atoms with Gasteiger partial charge in [0.2, 0.25) is 0 Å². The zero-order chi connectivity index (χ0) is 36.3. The summed E-state index contributed by atoms with van der Waals surface area (Å²) in [6, 6.07) is 68.8. The summed E-state index contributed by atoms with van der Waals surface area (Å²) in [5, 5.41) is 5.27. The Morgan fingerprint density at radius 1 is 0.255 bits per heavy atom. The minimum Gasteiger partial charge on any atom is -0.311 e. The van der Waals surface area contributed by atoms with E-state index >= 15 is 0 Å². The predicted octanol–water partition coefficient (Wildman–Crippen LogP) is 15.1. The summed E-state index contributed by atoms with van der Waals surface area (Å²) in [5.74, 6) is 0. The van der Waals surface area contributed by atoms with Crippen molar-refractivity contribution in [2.75, 3.05) is 4.90 Å². The van der Waals surface area contributed by atoms with Crippen molar-refractivity contribution in [1.29, 1.82) is 0 Å². The molecular formula is C54H35N. The van der Waals surface area contributed by atoms with E-state index in [1.165, 1.54) is 88.3 Å². The van der Waals surface area contributed by atoms with E-state index in [0.717, 1.165) is 17.1 Å². The number of rotatable bonds is 7. The van der Waals surface area contributed by atoms with Crippen molar-refractivity contribution in [2.24, 2.45) is 0 Å². The lowest BCUT2D eigenvalue weighted by atomic mass is 9.91. The van der Waals surface area contributed by atoms with Crippen LogP contribution in [0.5, 0.6) is 0 Å². The third kappa shape index (κ3) is 5.32. The quantitative estimate of drug-likeness (QED) is 0.160. The van der Waals surface area contributed by atoms with Crippen molar-refractivity contribution in [3.05, 3.63) is 210 Å². The molecule has 0 bridgehead atoms. The molecule has 0 radical (unpaired) electrons. The molecule has 0 amide bonds. The monoisotopic (exact) mass is 697 g/mol. The molecule has 0 saturated heterocycles. The molecule has 0 fully saturated rings. The summed E-state index contributed by atoms with van der Waals surface area (Å²) in [5.41, 5.74) is 18.3. The van der Waals surface area contributed by atoms with Gasteiger partial charge in [-0.15, -0.1) is 0 Å². The number of hydrogen-bond donors (Lipinski definition) is 0. The lowest BCUT2D eigenvalue weighted by Gasteiger charge is -2.26. The maximum absolute atomic E-state index is 2.38. The van der Waals surface area contributed by atoms with Gasteiger partial charge in [0.25, 0.3) is 0 Å². The largest absolute Gasteiger partial charge is 0.311 e. The van der Waals surface area contributed by atoms with E-state index in [1.54, 1.807) is 0 Å². The van der Waals surface area contributed by atoms with Gasteiger partial charge in [-0.25, -0.2) is 0 Å². The number of benzene rings is 9. The van der Waals surface area contributed by atoms with Crippen LogP contribution in [0, 0.1) is 0 Å². The van der Waals surface area contributed by atoms with E-state index in [1.807, 2.05) is 0 Å². The molecule has 0 unspecified atom stereocenters. The van der Waals surface area contributed by atoms with Gasteiger partial charge < -0.3 is 4.90 Å². The molecule has 256 valence electrons. The molecule has 0 N–H and O–H groups in total. The van der Waals surface area contributed by atoms with E-state index in [0.29, 0.717) is 0 Å². The van der Waals surface area contributed by atoms with Crippen LogP contribution in [0.15, 0.2) is 188 Å². The average molecular weight is 698 g/mol. The zero-order valence-corrected chi connectivity index (χ0v) is 30.2. The topological polar surface area (TPSA) is 3.24 Å². The molecule has 9 aromatic carbocycles. The van der Waals surface area contributed by atoms with Gasteiger partial charge in [0.05, 0.1) is 0 Å². The molecule has 55 heavy (non-hydrogen) atoms. The molecule has 11 rings (SSSR count). The van der Waals surface area contributed by atoms with Crippen molar-refractivity contribution in [2.45, 2.75) is 0 Å². The van der Waals surface area contributed by atoms with E-state index in [4.69, 9.17) is 0 Å². The Morgan fingerprint density at radius 3 is 1.29 bits per heavy atom. The van der Waals surface area contributed by atoms with E-state index in [2.05, 4.69) is 217 Å². The van der Waals surface area contributed by atoms with Crippen molar-refractivity contribution >= 4 is 62.9 Å². The Kier molecular flexibility index (Phi) is 7.25. The first-order chi connectivity index (χ1) is 27.2. The van der Waals surface area contributed by atoms with Crippen LogP contribution in [-0.4, -0.2) is 0 Å². The second kappa shape index (κ2) is 12.7. The van der Waals surface area contributed by atoms with Crippen molar-refractivity contribution in [3.8, 4) is 44.5 Å². The second-order valence-electron chi connectivity index (χ2n) is 14.5. The standard InChI is InChI=1S/C54H35N/c1-3-8-36(9-4-1)37-18-26-46(27-19-37)55(48-30-22-40(23-31-48)49-32-24-42-15-14-41-12-7-13-51(49)53(41)42)47-28-20-38(21-29-47)45-34-44-17-16-43-25-33-50(52(35-45)54(43)44)39-10-5-2-6-11-39/h1-35H. The van der Waals surface area contributed by atoms with Crippen molar-refractivity contribution < 1.29 is 0 Å². The Labute approximate surface area is 321 Å². The third-order valence-electron chi connectivity index (χ3n) is 11.4. The van der Waals surface area contributed by atoms with Crippen LogP contribution in [0.2, 0.25) is 0 Å². The van der Waals surface area contributed by atoms with Crippen LogP contribution in [0.4, 0.5) is 17.1 Å². The van der Waals surface area contributed by atoms with Crippen LogP contribution >= 0.6 is 0 Å². The van der Waals surface area contributed by atoms with Crippen LogP contribution in [0.25, 0.3) is 90.4 Å². The van der Waals surface area contributed by atoms with E-state index < -0.39 is 0 Å². The molecule has 0 heterocycles. The fraction of sp³-hybridized carbons (Fsp3) is 0. The minimum absolute atomic E-state index is 1.11. The number of hydrogen-bond acceptors (Lipinski definition) is 1. The van der Waals surface area contributed by atoms with Gasteiger partial charge >= 0.3 is 0 Å². The van der Waals surface area contributed by atoms with Gasteiger partial charge in [0.1, 0.15) is 0 Å². The van der Waals surface area contributed by atoms with Gasteiger partial charge in [0, 0.05) is 17.1 Å². The molecule has 1 heteroatoms. The van der Waals surface area contributed by atoms with Gasteiger partial charge in [-0.2, -0.15) is 0 Å². The SMILES string of the molecule is C1=Cc2ccc(-c3ccc(N(c4ccc(-c5ccccc5)cc4)c4ccc(-c5cc6c7c(ccc(-c8ccccc8)c7c5)C=C6)cc4)cc3)c3cccc1c23. The first-order valence-corrected chi connectivity index (χ1v) is 19.0. The van der Waals surface area contributed by atoms with Crippen molar-refractivity contribution in [3.63, 3.8) is 0 Å². The Bertz CT molecular complexity index is 2960. The van der Waals surface area contributed by atoms with Gasteiger partial charge in [0.15, 0.2) is 0 Å². The zero-order valence-electron chi connectivity index (χ0n) is 30.2. The molecule has 0 spiro atoms. The molecule has 0 aromatic heterocycles. The molecule has 0 saturated carbocycles. The van der Waals surface area contributed by atoms with E-state index in [-0.39, 0.29) is 0 Å². The van der Waals surface area contributed by atoms with Crippen LogP contribution in [0.1, 0.15) is 22.3 Å². The number of anilines is 3. The normalized spacial score (nSPS) is 12.2. The van der Waals surface area contributed by atoms with Crippen LogP contribution in [0.3, 0.4) is 0 Å². The summed E-state index contributed by atoms with van der Waals surface area (Å²) >= 11 is 0. The summed E-state index contributed by atoms with van der Waals surface area (Å²) in [6.45, 7) is 0. The van der Waals surface area contributed by atoms with Crippen molar-refractivity contribution in [1.82, 2.24) is 0 Å². The Hall–Kier alpha value is -7.22. The van der Waals surface area contributed by atoms with Gasteiger partial charge in [-0.3, -0.25) is 0 Å². The highest BCUT2D eigenvalue weighted by molar-refractivity contribution is 6.12. The lowest BCUT2D eigenvalue weighted by Crippen LogP contribution is -2.09. The summed E-state index contributed by atoms with van der Waals surface area (Å²) in [7, 11) is 0. The summed E-state index contributed by atoms with van der Waals surface area (Å²) < 4.78 is 0. The predicted molar refractivity (Wildman–Crippen MR) is 236 cm³/mol. The smallest absolute Gasteiger partial charge is 0.0462 e. The molecule has 1 nitrogen and oxygen atoms in total. The Balaban J connectivity index is 0.992. The third-order valence-corrected chi connectivity index (χ3v) is 11.4. The first-order valence-electron chi connectivity index (χ1n) is 19.0. The molecule has 2 aliphatic rings. The Morgan fingerprint density at radius 2 is 0.691 bits per heavy atom. The number of nitrogens with zero attached hydrogens (tertiary/aromatic N) is 1. The maximum atomic E-state index is 2.38. The van der Waals surface area contributed by atoms with Crippen LogP contribution in [-0.2, 0) is 0 Å². The highest BCUT2D eigenvalue weighted by atomic mass is 15.1. The maximum Gasteiger partial charge on any atom is 0.0462 e.